The summed E-state index contributed by atoms with van der Waals surface area (Å²) in [6.07, 6.45) is 0. The van der Waals surface area contributed by atoms with Gasteiger partial charge in [-0.1, -0.05) is 54.1 Å². The lowest BCUT2D eigenvalue weighted by Gasteiger charge is -2.19. The van der Waals surface area contributed by atoms with E-state index in [0.717, 1.165) is 0 Å². The Labute approximate surface area is 145 Å². The highest BCUT2D eigenvalue weighted by Gasteiger charge is 2.33. The molecule has 3 aromatic carbocycles. The summed E-state index contributed by atoms with van der Waals surface area (Å²) in [4.78, 5) is 0. The predicted molar refractivity (Wildman–Crippen MR) is 93.8 cm³/mol. The minimum Gasteiger partial charge on any atom is -0.386 e. The molecule has 0 fully saturated rings. The summed E-state index contributed by atoms with van der Waals surface area (Å²) >= 11 is 5.94. The normalized spacial score (nSPS) is 10.9. The molecule has 4 nitrogen and oxygen atoms in total. The molecule has 0 amide bonds. The van der Waals surface area contributed by atoms with Crippen LogP contribution in [-0.2, 0) is 4.57 Å². The van der Waals surface area contributed by atoms with Crippen LogP contribution in [0.2, 0.25) is 5.02 Å². The van der Waals surface area contributed by atoms with E-state index in [0.29, 0.717) is 16.5 Å². The Morgan fingerprint density at radius 3 is 1.58 bits per heavy atom. The topological polar surface area (TPSA) is 44.8 Å². The van der Waals surface area contributed by atoms with Gasteiger partial charge >= 0.3 is 7.82 Å². The third kappa shape index (κ3) is 4.54. The summed E-state index contributed by atoms with van der Waals surface area (Å²) in [5.41, 5.74) is 0. The molecule has 0 saturated heterocycles. The average molecular weight is 361 g/mol. The summed E-state index contributed by atoms with van der Waals surface area (Å²) in [5, 5.41) is 0.457. The Hall–Kier alpha value is -2.42. The highest BCUT2D eigenvalue weighted by molar-refractivity contribution is 7.49. The van der Waals surface area contributed by atoms with Crippen molar-refractivity contribution in [3.05, 3.63) is 90.0 Å². The molecular formula is C18H14ClO4P. The van der Waals surface area contributed by atoms with Crippen LogP contribution in [0.5, 0.6) is 17.2 Å². The molecule has 0 N–H and O–H groups in total. The second kappa shape index (κ2) is 7.43. The van der Waals surface area contributed by atoms with Crippen LogP contribution in [0.3, 0.4) is 0 Å². The van der Waals surface area contributed by atoms with Gasteiger partial charge in [0.15, 0.2) is 0 Å². The molecule has 0 radical (unpaired) electrons. The van der Waals surface area contributed by atoms with Crippen LogP contribution in [0.15, 0.2) is 84.9 Å². The first kappa shape index (κ1) is 16.4. The number of halogens is 1. The maximum Gasteiger partial charge on any atom is 0.647 e. The van der Waals surface area contributed by atoms with Crippen molar-refractivity contribution in [3.8, 4) is 17.2 Å². The summed E-state index contributed by atoms with van der Waals surface area (Å²) in [6, 6.07) is 23.9. The zero-order valence-corrected chi connectivity index (χ0v) is 14.2. The highest BCUT2D eigenvalue weighted by Crippen LogP contribution is 2.49. The maximum absolute atomic E-state index is 13.1. The fraction of sp³-hybridized carbons (Fsp3) is 0. The molecule has 24 heavy (non-hydrogen) atoms. The standard InChI is InChI=1S/C18H14ClO4P/c19-15-8-7-13-18(14-15)23-24(20,21-16-9-3-1-4-10-16)22-17-11-5-2-6-12-17/h1-14H. The van der Waals surface area contributed by atoms with E-state index >= 15 is 0 Å². The number of hydrogen-bond acceptors (Lipinski definition) is 4. The molecule has 3 rings (SSSR count). The molecule has 0 atom stereocenters. The van der Waals surface area contributed by atoms with Crippen molar-refractivity contribution in [1.82, 2.24) is 0 Å². The molecule has 0 bridgehead atoms. The number of hydrogen-bond donors (Lipinski definition) is 0. The van der Waals surface area contributed by atoms with Crippen molar-refractivity contribution in [3.63, 3.8) is 0 Å². The van der Waals surface area contributed by atoms with Crippen molar-refractivity contribution in [2.45, 2.75) is 0 Å². The lowest BCUT2D eigenvalue weighted by molar-refractivity contribution is 0.298. The van der Waals surface area contributed by atoms with E-state index in [1.54, 1.807) is 66.7 Å². The quantitative estimate of drug-likeness (QED) is 0.507. The Morgan fingerprint density at radius 2 is 1.08 bits per heavy atom. The molecule has 0 aliphatic rings. The first-order chi connectivity index (χ1) is 11.6. The van der Waals surface area contributed by atoms with E-state index < -0.39 is 7.82 Å². The van der Waals surface area contributed by atoms with Crippen molar-refractivity contribution in [2.24, 2.45) is 0 Å². The fourth-order valence-corrected chi connectivity index (χ4v) is 3.35. The van der Waals surface area contributed by atoms with E-state index in [9.17, 15) is 4.57 Å². The number of para-hydroxylation sites is 2. The molecule has 0 aromatic heterocycles. The lowest BCUT2D eigenvalue weighted by Crippen LogP contribution is -2.07. The first-order valence-corrected chi connectivity index (χ1v) is 9.01. The van der Waals surface area contributed by atoms with E-state index in [-0.39, 0.29) is 5.75 Å². The number of benzene rings is 3. The Kier molecular flexibility index (Phi) is 5.09. The Morgan fingerprint density at radius 1 is 0.625 bits per heavy atom. The van der Waals surface area contributed by atoms with Gasteiger partial charge in [-0.25, -0.2) is 0 Å². The van der Waals surface area contributed by atoms with Crippen LogP contribution >= 0.6 is 19.4 Å². The van der Waals surface area contributed by atoms with Gasteiger partial charge in [0.05, 0.1) is 0 Å². The van der Waals surface area contributed by atoms with E-state index in [1.807, 2.05) is 12.1 Å². The Bertz CT molecular complexity index is 794. The molecule has 0 saturated carbocycles. The molecular weight excluding hydrogens is 347 g/mol. The zero-order chi connectivity index (χ0) is 16.8. The SMILES string of the molecule is O=P(Oc1ccccc1)(Oc1ccccc1)Oc1cccc(Cl)c1. The highest BCUT2D eigenvalue weighted by atomic mass is 35.5. The summed E-state index contributed by atoms with van der Waals surface area (Å²) in [5.74, 6) is 1.04. The van der Waals surface area contributed by atoms with Crippen LogP contribution in [0, 0.1) is 0 Å². The van der Waals surface area contributed by atoms with Gasteiger partial charge in [-0.3, -0.25) is 0 Å². The van der Waals surface area contributed by atoms with Crippen molar-refractivity contribution in [2.75, 3.05) is 0 Å². The summed E-state index contributed by atoms with van der Waals surface area (Å²) in [6.45, 7) is 0. The number of phosphoric ester groups is 1. The van der Waals surface area contributed by atoms with Gasteiger partial charge in [0.25, 0.3) is 0 Å². The van der Waals surface area contributed by atoms with Crippen molar-refractivity contribution in [1.29, 1.82) is 0 Å². The van der Waals surface area contributed by atoms with Crippen LogP contribution in [0.4, 0.5) is 0 Å². The van der Waals surface area contributed by atoms with Crippen LogP contribution < -0.4 is 13.6 Å². The van der Waals surface area contributed by atoms with Gasteiger partial charge < -0.3 is 13.6 Å². The van der Waals surface area contributed by atoms with E-state index in [4.69, 9.17) is 25.2 Å². The molecule has 0 heterocycles. The molecule has 3 aromatic rings. The van der Waals surface area contributed by atoms with Gasteiger partial charge in [0, 0.05) is 5.02 Å². The van der Waals surface area contributed by atoms with Crippen LogP contribution in [0.1, 0.15) is 0 Å². The minimum absolute atomic E-state index is 0.290. The monoisotopic (exact) mass is 360 g/mol. The fourth-order valence-electron chi connectivity index (χ4n) is 1.93. The molecule has 0 unspecified atom stereocenters. The zero-order valence-electron chi connectivity index (χ0n) is 12.5. The molecule has 0 aliphatic carbocycles. The van der Waals surface area contributed by atoms with Gasteiger partial charge in [-0.2, -0.15) is 4.57 Å². The first-order valence-electron chi connectivity index (χ1n) is 7.17. The molecule has 0 aliphatic heterocycles. The molecule has 0 spiro atoms. The van der Waals surface area contributed by atoms with Gasteiger partial charge in [-0.15, -0.1) is 0 Å². The molecule has 6 heteroatoms. The second-order valence-corrected chi connectivity index (χ2v) is 6.68. The van der Waals surface area contributed by atoms with Gasteiger partial charge in [0.1, 0.15) is 17.2 Å². The summed E-state index contributed by atoms with van der Waals surface area (Å²) in [7, 11) is -3.96. The predicted octanol–water partition coefficient (Wildman–Crippen LogP) is 5.98. The third-order valence-corrected chi connectivity index (χ3v) is 4.47. The smallest absolute Gasteiger partial charge is 0.386 e. The lowest BCUT2D eigenvalue weighted by atomic mass is 10.3. The average Bonchev–Trinajstić information content (AvgIpc) is 2.56. The third-order valence-electron chi connectivity index (χ3n) is 2.93. The maximum atomic E-state index is 13.1. The number of rotatable bonds is 6. The van der Waals surface area contributed by atoms with Gasteiger partial charge in [-0.05, 0) is 42.5 Å². The second-order valence-electron chi connectivity index (χ2n) is 4.80. The number of phosphoric acid groups is 1. The van der Waals surface area contributed by atoms with E-state index in [1.165, 1.54) is 6.07 Å². The largest absolute Gasteiger partial charge is 0.647 e. The molecule has 122 valence electrons. The van der Waals surface area contributed by atoms with Crippen molar-refractivity contribution >= 4 is 19.4 Å². The van der Waals surface area contributed by atoms with Crippen LogP contribution in [-0.4, -0.2) is 0 Å². The minimum atomic E-state index is -3.96. The van der Waals surface area contributed by atoms with E-state index in [2.05, 4.69) is 0 Å². The van der Waals surface area contributed by atoms with Crippen molar-refractivity contribution < 1.29 is 18.1 Å². The van der Waals surface area contributed by atoms with Gasteiger partial charge in [0.2, 0.25) is 0 Å². The summed E-state index contributed by atoms with van der Waals surface area (Å²) < 4.78 is 29.7. The van der Waals surface area contributed by atoms with Crippen LogP contribution in [0.25, 0.3) is 0 Å². The Balaban J connectivity index is 1.89.